The van der Waals surface area contributed by atoms with Gasteiger partial charge in [0.15, 0.2) is 6.61 Å². The summed E-state index contributed by atoms with van der Waals surface area (Å²) in [6, 6.07) is 4.95. The highest BCUT2D eigenvalue weighted by atomic mass is 35.5. The molecule has 0 aliphatic carbocycles. The van der Waals surface area contributed by atoms with Crippen LogP contribution in [0.15, 0.2) is 24.3 Å². The van der Waals surface area contributed by atoms with Crippen LogP contribution in [-0.4, -0.2) is 60.4 Å². The summed E-state index contributed by atoms with van der Waals surface area (Å²) in [7, 11) is 0. The van der Waals surface area contributed by atoms with E-state index in [9.17, 15) is 14.4 Å². The van der Waals surface area contributed by atoms with Gasteiger partial charge in [-0.15, -0.1) is 0 Å². The zero-order valence-corrected chi connectivity index (χ0v) is 15.2. The van der Waals surface area contributed by atoms with Crippen LogP contribution >= 0.6 is 23.2 Å². The molecule has 1 fully saturated rings. The summed E-state index contributed by atoms with van der Waals surface area (Å²) in [6.07, 6.45) is 2.75. The third kappa shape index (κ3) is 5.76. The first-order chi connectivity index (χ1) is 11.9. The Bertz CT molecular complexity index is 698. The number of piperazine rings is 1. The van der Waals surface area contributed by atoms with E-state index >= 15 is 0 Å². The lowest BCUT2D eigenvalue weighted by molar-refractivity contribution is -0.149. The largest absolute Gasteiger partial charge is 0.452 e. The number of benzene rings is 1. The number of carbonyl (C=O) groups excluding carboxylic acids is 3. The molecule has 2 amide bonds. The van der Waals surface area contributed by atoms with Crippen molar-refractivity contribution in [3.63, 3.8) is 0 Å². The van der Waals surface area contributed by atoms with Gasteiger partial charge in [-0.25, -0.2) is 4.79 Å². The Morgan fingerprint density at radius 3 is 2.32 bits per heavy atom. The molecule has 1 aliphatic rings. The van der Waals surface area contributed by atoms with Gasteiger partial charge < -0.3 is 14.5 Å². The predicted octanol–water partition coefficient (Wildman–Crippen LogP) is 2.24. The molecule has 2 rings (SSSR count). The van der Waals surface area contributed by atoms with Crippen LogP contribution in [0.4, 0.5) is 0 Å². The van der Waals surface area contributed by atoms with Gasteiger partial charge in [0.25, 0.3) is 5.91 Å². The van der Waals surface area contributed by atoms with Crippen LogP contribution in [0.3, 0.4) is 0 Å². The van der Waals surface area contributed by atoms with Crippen molar-refractivity contribution in [1.29, 1.82) is 0 Å². The fourth-order valence-electron chi connectivity index (χ4n) is 2.32. The smallest absolute Gasteiger partial charge is 0.331 e. The number of ether oxygens (including phenoxy) is 1. The summed E-state index contributed by atoms with van der Waals surface area (Å²) in [5, 5.41) is 0.814. The standard InChI is InChI=1S/C17H18Cl2N2O4/c1-12(22)20-6-8-21(9-7-20)16(23)11-25-17(24)5-3-13-2-4-14(18)15(19)10-13/h2-5,10H,6-9,11H2,1H3/b5-3+. The number of hydrogen-bond donors (Lipinski definition) is 0. The van der Waals surface area contributed by atoms with E-state index < -0.39 is 5.97 Å². The highest BCUT2D eigenvalue weighted by Gasteiger charge is 2.22. The maximum atomic E-state index is 12.0. The first-order valence-electron chi connectivity index (χ1n) is 7.70. The van der Waals surface area contributed by atoms with Crippen molar-refractivity contribution in [2.45, 2.75) is 6.92 Å². The molecule has 25 heavy (non-hydrogen) atoms. The highest BCUT2D eigenvalue weighted by Crippen LogP contribution is 2.23. The molecule has 0 aromatic heterocycles. The van der Waals surface area contributed by atoms with Gasteiger partial charge in [0.1, 0.15) is 0 Å². The van der Waals surface area contributed by atoms with Crippen molar-refractivity contribution in [2.24, 2.45) is 0 Å². The molecule has 0 atom stereocenters. The fraction of sp³-hybridized carbons (Fsp3) is 0.353. The molecule has 1 aromatic carbocycles. The molecule has 0 unspecified atom stereocenters. The van der Waals surface area contributed by atoms with Crippen molar-refractivity contribution in [3.8, 4) is 0 Å². The molecule has 1 heterocycles. The molecule has 1 aromatic rings. The van der Waals surface area contributed by atoms with Crippen molar-refractivity contribution in [2.75, 3.05) is 32.8 Å². The zero-order valence-electron chi connectivity index (χ0n) is 13.7. The van der Waals surface area contributed by atoms with E-state index in [0.29, 0.717) is 41.8 Å². The van der Waals surface area contributed by atoms with Gasteiger partial charge in [-0.05, 0) is 23.8 Å². The zero-order chi connectivity index (χ0) is 18.4. The van der Waals surface area contributed by atoms with Gasteiger partial charge in [0, 0.05) is 39.2 Å². The van der Waals surface area contributed by atoms with Gasteiger partial charge in [-0.2, -0.15) is 0 Å². The van der Waals surface area contributed by atoms with Gasteiger partial charge in [0.05, 0.1) is 10.0 Å². The number of carbonyl (C=O) groups is 3. The number of halogens is 2. The molecule has 0 bridgehead atoms. The van der Waals surface area contributed by atoms with E-state index in [1.54, 1.807) is 28.0 Å². The summed E-state index contributed by atoms with van der Waals surface area (Å²) in [5.41, 5.74) is 0.693. The van der Waals surface area contributed by atoms with Crippen LogP contribution in [0.25, 0.3) is 6.08 Å². The third-order valence-electron chi connectivity index (χ3n) is 3.77. The molecular weight excluding hydrogens is 367 g/mol. The van der Waals surface area contributed by atoms with Gasteiger partial charge >= 0.3 is 5.97 Å². The molecule has 1 aliphatic heterocycles. The summed E-state index contributed by atoms with van der Waals surface area (Å²) in [5.74, 6) is -0.910. The quantitative estimate of drug-likeness (QED) is 0.589. The van der Waals surface area contributed by atoms with E-state index in [2.05, 4.69) is 0 Å². The Kier molecular flexibility index (Phi) is 6.84. The number of esters is 1. The Balaban J connectivity index is 1.77. The van der Waals surface area contributed by atoms with Crippen LogP contribution in [-0.2, 0) is 19.1 Å². The summed E-state index contributed by atoms with van der Waals surface area (Å²) in [4.78, 5) is 38.2. The normalized spacial score (nSPS) is 14.7. The third-order valence-corrected chi connectivity index (χ3v) is 4.51. The Labute approximate surface area is 155 Å². The van der Waals surface area contributed by atoms with Crippen molar-refractivity contribution in [3.05, 3.63) is 39.9 Å². The van der Waals surface area contributed by atoms with E-state index in [0.717, 1.165) is 0 Å². The van der Waals surface area contributed by atoms with Crippen LogP contribution < -0.4 is 0 Å². The molecule has 1 saturated heterocycles. The lowest BCUT2D eigenvalue weighted by Crippen LogP contribution is -2.51. The van der Waals surface area contributed by atoms with Crippen molar-refractivity contribution >= 4 is 47.1 Å². The highest BCUT2D eigenvalue weighted by molar-refractivity contribution is 6.42. The molecule has 0 radical (unpaired) electrons. The fourth-order valence-corrected chi connectivity index (χ4v) is 2.63. The Hall–Kier alpha value is -2.05. The van der Waals surface area contributed by atoms with Gasteiger partial charge in [-0.1, -0.05) is 29.3 Å². The molecule has 0 spiro atoms. The first-order valence-corrected chi connectivity index (χ1v) is 8.45. The Morgan fingerprint density at radius 2 is 1.72 bits per heavy atom. The van der Waals surface area contributed by atoms with Crippen LogP contribution in [0.5, 0.6) is 0 Å². The molecule has 8 heteroatoms. The van der Waals surface area contributed by atoms with Crippen molar-refractivity contribution < 1.29 is 19.1 Å². The minimum atomic E-state index is -0.623. The maximum absolute atomic E-state index is 12.0. The molecule has 0 N–H and O–H groups in total. The average Bonchev–Trinajstić information content (AvgIpc) is 2.60. The van der Waals surface area contributed by atoms with Gasteiger partial charge in [0.2, 0.25) is 5.91 Å². The monoisotopic (exact) mass is 384 g/mol. The second kappa shape index (κ2) is 8.87. The summed E-state index contributed by atoms with van der Waals surface area (Å²) in [6.45, 7) is 3.03. The van der Waals surface area contributed by atoms with Crippen LogP contribution in [0.1, 0.15) is 12.5 Å². The topological polar surface area (TPSA) is 66.9 Å². The number of hydrogen-bond acceptors (Lipinski definition) is 4. The minimum absolute atomic E-state index is 0.00836. The first kappa shape index (κ1) is 19.3. The second-order valence-corrected chi connectivity index (χ2v) is 6.32. The van der Waals surface area contributed by atoms with E-state index in [1.807, 2.05) is 0 Å². The SMILES string of the molecule is CC(=O)N1CCN(C(=O)COC(=O)/C=C/c2ccc(Cl)c(Cl)c2)CC1. The molecule has 134 valence electrons. The van der Waals surface area contributed by atoms with Gasteiger partial charge in [-0.3, -0.25) is 9.59 Å². The molecule has 6 nitrogen and oxygen atoms in total. The van der Waals surface area contributed by atoms with E-state index in [-0.39, 0.29) is 18.4 Å². The lowest BCUT2D eigenvalue weighted by Gasteiger charge is -2.34. The average molecular weight is 385 g/mol. The minimum Gasteiger partial charge on any atom is -0.452 e. The molecular formula is C17H18Cl2N2O4. The predicted molar refractivity (Wildman–Crippen MR) is 95.3 cm³/mol. The van der Waals surface area contributed by atoms with Crippen molar-refractivity contribution in [1.82, 2.24) is 9.80 Å². The van der Waals surface area contributed by atoms with E-state index in [1.165, 1.54) is 19.1 Å². The van der Waals surface area contributed by atoms with E-state index in [4.69, 9.17) is 27.9 Å². The Morgan fingerprint density at radius 1 is 1.08 bits per heavy atom. The van der Waals surface area contributed by atoms with Crippen LogP contribution in [0, 0.1) is 0 Å². The second-order valence-electron chi connectivity index (χ2n) is 5.50. The summed E-state index contributed by atoms with van der Waals surface area (Å²) < 4.78 is 4.95. The number of nitrogens with zero attached hydrogens (tertiary/aromatic N) is 2. The van der Waals surface area contributed by atoms with Crippen LogP contribution in [0.2, 0.25) is 10.0 Å². The summed E-state index contributed by atoms with van der Waals surface area (Å²) >= 11 is 11.7. The number of amides is 2. The lowest BCUT2D eigenvalue weighted by atomic mass is 10.2. The number of rotatable bonds is 4. The molecule has 0 saturated carbocycles. The maximum Gasteiger partial charge on any atom is 0.331 e.